The highest BCUT2D eigenvalue weighted by atomic mass is 16.2. The zero-order chi connectivity index (χ0) is 20.4. The Morgan fingerprint density at radius 3 is 2.17 bits per heavy atom. The smallest absolute Gasteiger partial charge is 0.272 e. The number of carbonyl (C=O) groups is 2. The minimum absolute atomic E-state index is 0.0799. The topological polar surface area (TPSA) is 58.4 Å². The summed E-state index contributed by atoms with van der Waals surface area (Å²) in [6.07, 6.45) is 5.26. The summed E-state index contributed by atoms with van der Waals surface area (Å²) in [4.78, 5) is 29.1. The van der Waals surface area contributed by atoms with Gasteiger partial charge in [0.2, 0.25) is 0 Å². The molecule has 6 nitrogen and oxygen atoms in total. The normalized spacial score (nSPS) is 17.7. The monoisotopic (exact) mass is 394 g/mol. The Morgan fingerprint density at radius 2 is 1.59 bits per heavy atom. The number of aryl methyl sites for hydroxylation is 2. The Labute approximate surface area is 172 Å². The number of amides is 2. The van der Waals surface area contributed by atoms with E-state index in [0.29, 0.717) is 11.6 Å². The van der Waals surface area contributed by atoms with Crippen molar-refractivity contribution < 1.29 is 9.59 Å². The molecular formula is C23H30N4O2. The molecule has 1 aromatic heterocycles. The van der Waals surface area contributed by atoms with Crippen molar-refractivity contribution >= 4 is 11.8 Å². The van der Waals surface area contributed by atoms with E-state index in [1.165, 1.54) is 5.56 Å². The molecule has 2 saturated heterocycles. The van der Waals surface area contributed by atoms with Gasteiger partial charge in [0.25, 0.3) is 11.8 Å². The lowest BCUT2D eigenvalue weighted by Gasteiger charge is -2.32. The number of aromatic nitrogens is 2. The first kappa shape index (κ1) is 19.7. The van der Waals surface area contributed by atoms with Crippen LogP contribution < -0.4 is 0 Å². The molecule has 4 rings (SSSR count). The number of nitrogens with zero attached hydrogens (tertiary/aromatic N) is 4. The molecule has 0 bridgehead atoms. The molecule has 0 aliphatic carbocycles. The predicted octanol–water partition coefficient (Wildman–Crippen LogP) is 3.06. The summed E-state index contributed by atoms with van der Waals surface area (Å²) in [5, 5.41) is 4.28. The summed E-state index contributed by atoms with van der Waals surface area (Å²) in [5.41, 5.74) is 3.61. The quantitative estimate of drug-likeness (QED) is 0.801. The maximum atomic E-state index is 12.7. The highest BCUT2D eigenvalue weighted by Crippen LogP contribution is 2.23. The fourth-order valence-corrected chi connectivity index (χ4v) is 4.53. The molecule has 2 aliphatic heterocycles. The number of carbonyl (C=O) groups excluding carboxylic acids is 2. The van der Waals surface area contributed by atoms with Gasteiger partial charge in [-0.2, -0.15) is 5.10 Å². The van der Waals surface area contributed by atoms with E-state index >= 15 is 0 Å². The molecule has 29 heavy (non-hydrogen) atoms. The van der Waals surface area contributed by atoms with Crippen molar-refractivity contribution in [1.29, 1.82) is 0 Å². The van der Waals surface area contributed by atoms with E-state index in [0.717, 1.165) is 69.5 Å². The number of hydrogen-bond donors (Lipinski definition) is 0. The summed E-state index contributed by atoms with van der Waals surface area (Å²) in [6.45, 7) is 5.26. The summed E-state index contributed by atoms with van der Waals surface area (Å²) in [6, 6.07) is 10.00. The maximum absolute atomic E-state index is 12.7. The molecule has 1 aromatic carbocycles. The van der Waals surface area contributed by atoms with Gasteiger partial charge in [0.15, 0.2) is 0 Å². The molecule has 2 amide bonds. The first-order valence-electron chi connectivity index (χ1n) is 10.7. The number of benzene rings is 1. The van der Waals surface area contributed by atoms with Crippen LogP contribution in [0.2, 0.25) is 0 Å². The molecule has 0 spiro atoms. The van der Waals surface area contributed by atoms with Crippen LogP contribution in [-0.2, 0) is 13.5 Å². The van der Waals surface area contributed by atoms with Gasteiger partial charge < -0.3 is 9.80 Å². The van der Waals surface area contributed by atoms with E-state index in [1.807, 2.05) is 42.0 Å². The molecule has 154 valence electrons. The van der Waals surface area contributed by atoms with E-state index in [2.05, 4.69) is 17.2 Å². The minimum atomic E-state index is 0.0799. The number of hydrogen-bond acceptors (Lipinski definition) is 3. The molecular weight excluding hydrogens is 364 g/mol. The van der Waals surface area contributed by atoms with Crippen LogP contribution in [0.3, 0.4) is 0 Å². The summed E-state index contributed by atoms with van der Waals surface area (Å²) >= 11 is 0. The first-order chi connectivity index (χ1) is 14.0. The van der Waals surface area contributed by atoms with Gasteiger partial charge in [0.1, 0.15) is 5.69 Å². The Bertz CT molecular complexity index is 873. The van der Waals surface area contributed by atoms with Crippen LogP contribution in [0.15, 0.2) is 30.3 Å². The molecule has 0 radical (unpaired) electrons. The Kier molecular flexibility index (Phi) is 5.69. The van der Waals surface area contributed by atoms with Crippen molar-refractivity contribution in [1.82, 2.24) is 19.6 Å². The zero-order valence-corrected chi connectivity index (χ0v) is 17.4. The molecule has 3 heterocycles. The molecule has 2 fully saturated rings. The van der Waals surface area contributed by atoms with Gasteiger partial charge in [-0.3, -0.25) is 14.3 Å². The lowest BCUT2D eigenvalue weighted by Crippen LogP contribution is -2.39. The van der Waals surface area contributed by atoms with Gasteiger partial charge in [-0.25, -0.2) is 0 Å². The van der Waals surface area contributed by atoms with Crippen LogP contribution >= 0.6 is 0 Å². The van der Waals surface area contributed by atoms with Crippen molar-refractivity contribution in [3.63, 3.8) is 0 Å². The summed E-state index contributed by atoms with van der Waals surface area (Å²) < 4.78 is 1.68. The van der Waals surface area contributed by atoms with E-state index in [4.69, 9.17) is 0 Å². The Morgan fingerprint density at radius 1 is 0.966 bits per heavy atom. The van der Waals surface area contributed by atoms with Crippen LogP contribution in [0.4, 0.5) is 0 Å². The molecule has 2 aliphatic rings. The van der Waals surface area contributed by atoms with E-state index in [9.17, 15) is 9.59 Å². The molecule has 2 aromatic rings. The third-order valence-electron chi connectivity index (χ3n) is 6.24. The second kappa shape index (κ2) is 8.39. The third-order valence-corrected chi connectivity index (χ3v) is 6.24. The van der Waals surface area contributed by atoms with Gasteiger partial charge in [-0.15, -0.1) is 0 Å². The SMILES string of the molecule is Cc1cc(C(=O)N2CCC(Cc3ccc(C(=O)N4CCCC4)cc3)CC2)n(C)n1. The minimum Gasteiger partial charge on any atom is -0.339 e. The maximum Gasteiger partial charge on any atom is 0.272 e. The first-order valence-corrected chi connectivity index (χ1v) is 10.7. The third kappa shape index (κ3) is 4.36. The van der Waals surface area contributed by atoms with Gasteiger partial charge in [0.05, 0.1) is 5.69 Å². The van der Waals surface area contributed by atoms with Crippen molar-refractivity contribution in [3.8, 4) is 0 Å². The van der Waals surface area contributed by atoms with Crippen molar-refractivity contribution in [2.45, 2.75) is 39.0 Å². The lowest BCUT2D eigenvalue weighted by atomic mass is 9.89. The van der Waals surface area contributed by atoms with E-state index in [-0.39, 0.29) is 11.8 Å². The summed E-state index contributed by atoms with van der Waals surface area (Å²) in [7, 11) is 1.82. The van der Waals surface area contributed by atoms with Crippen molar-refractivity contribution in [2.75, 3.05) is 26.2 Å². The van der Waals surface area contributed by atoms with E-state index < -0.39 is 0 Å². The molecule has 0 unspecified atom stereocenters. The Balaban J connectivity index is 1.30. The van der Waals surface area contributed by atoms with Gasteiger partial charge >= 0.3 is 0 Å². The van der Waals surface area contributed by atoms with Crippen LogP contribution in [0.5, 0.6) is 0 Å². The van der Waals surface area contributed by atoms with Crippen LogP contribution in [-0.4, -0.2) is 57.6 Å². The van der Waals surface area contributed by atoms with Crippen LogP contribution in [0, 0.1) is 12.8 Å². The largest absolute Gasteiger partial charge is 0.339 e. The highest BCUT2D eigenvalue weighted by molar-refractivity contribution is 5.94. The zero-order valence-electron chi connectivity index (χ0n) is 17.4. The fourth-order valence-electron chi connectivity index (χ4n) is 4.53. The molecule has 0 N–H and O–H groups in total. The van der Waals surface area contributed by atoms with Crippen LogP contribution in [0.25, 0.3) is 0 Å². The summed E-state index contributed by atoms with van der Waals surface area (Å²) in [5.74, 6) is 0.815. The fraction of sp³-hybridized carbons (Fsp3) is 0.522. The molecule has 6 heteroatoms. The number of piperidine rings is 1. The lowest BCUT2D eigenvalue weighted by molar-refractivity contribution is 0.0679. The van der Waals surface area contributed by atoms with Crippen LogP contribution in [0.1, 0.15) is 57.8 Å². The second-order valence-corrected chi connectivity index (χ2v) is 8.43. The molecule has 0 saturated carbocycles. The van der Waals surface area contributed by atoms with Crippen molar-refractivity contribution in [2.24, 2.45) is 13.0 Å². The van der Waals surface area contributed by atoms with Gasteiger partial charge in [-0.1, -0.05) is 12.1 Å². The standard InChI is InChI=1S/C23H30N4O2/c1-17-15-21(25(2)24-17)23(29)27-13-9-19(10-14-27)16-18-5-7-20(8-6-18)22(28)26-11-3-4-12-26/h5-8,15,19H,3-4,9-14,16H2,1-2H3. The molecule has 0 atom stereocenters. The Hall–Kier alpha value is -2.63. The van der Waals surface area contributed by atoms with Gasteiger partial charge in [0, 0.05) is 38.8 Å². The van der Waals surface area contributed by atoms with E-state index in [1.54, 1.807) is 4.68 Å². The second-order valence-electron chi connectivity index (χ2n) is 8.43. The van der Waals surface area contributed by atoms with Crippen molar-refractivity contribution in [3.05, 3.63) is 52.8 Å². The predicted molar refractivity (Wildman–Crippen MR) is 112 cm³/mol. The average molecular weight is 395 g/mol. The average Bonchev–Trinajstić information content (AvgIpc) is 3.38. The number of likely N-dealkylation sites (tertiary alicyclic amines) is 2. The van der Waals surface area contributed by atoms with Gasteiger partial charge in [-0.05, 0) is 68.7 Å². The highest BCUT2D eigenvalue weighted by Gasteiger charge is 2.26. The number of rotatable bonds is 4.